The fourth-order valence-corrected chi connectivity index (χ4v) is 2.41. The van der Waals surface area contributed by atoms with Crippen LogP contribution in [0.5, 0.6) is 0 Å². The van der Waals surface area contributed by atoms with E-state index in [1.165, 1.54) is 17.0 Å². The molecule has 0 aliphatic carbocycles. The fraction of sp³-hybridized carbons (Fsp3) is 0.318. The van der Waals surface area contributed by atoms with Crippen LogP contribution in [-0.2, 0) is 14.3 Å². The van der Waals surface area contributed by atoms with Crippen molar-refractivity contribution in [2.24, 2.45) is 0 Å². The number of ether oxygens (including phenoxy) is 2. The summed E-state index contributed by atoms with van der Waals surface area (Å²) in [5, 5.41) is 2.59. The summed E-state index contributed by atoms with van der Waals surface area (Å²) in [6.45, 7) is 5.30. The first kappa shape index (κ1) is 21.9. The van der Waals surface area contributed by atoms with Gasteiger partial charge in [0.1, 0.15) is 5.60 Å². The van der Waals surface area contributed by atoms with Gasteiger partial charge in [-0.1, -0.05) is 30.3 Å². The molecule has 0 heterocycles. The molecule has 2 rings (SSSR count). The van der Waals surface area contributed by atoms with Crippen LogP contribution in [0.15, 0.2) is 54.6 Å². The van der Waals surface area contributed by atoms with E-state index in [4.69, 9.17) is 9.47 Å². The molecule has 0 aromatic heterocycles. The summed E-state index contributed by atoms with van der Waals surface area (Å²) in [7, 11) is 3.20. The van der Waals surface area contributed by atoms with Gasteiger partial charge in [-0.2, -0.15) is 0 Å². The van der Waals surface area contributed by atoms with Crippen LogP contribution in [0.3, 0.4) is 0 Å². The lowest BCUT2D eigenvalue weighted by molar-refractivity contribution is -0.138. The number of nitrogens with zero attached hydrogens (tertiary/aromatic N) is 1. The molecular weight excluding hydrogens is 372 g/mol. The summed E-state index contributed by atoms with van der Waals surface area (Å²) >= 11 is 0. The van der Waals surface area contributed by atoms with Crippen molar-refractivity contribution in [3.05, 3.63) is 65.7 Å². The average molecular weight is 398 g/mol. The molecule has 0 radical (unpaired) electrons. The Bertz CT molecular complexity index is 855. The molecule has 0 saturated carbocycles. The van der Waals surface area contributed by atoms with Crippen molar-refractivity contribution in [2.45, 2.75) is 32.5 Å². The van der Waals surface area contributed by atoms with Crippen molar-refractivity contribution in [3.8, 4) is 0 Å². The van der Waals surface area contributed by atoms with E-state index in [9.17, 15) is 14.4 Å². The quantitative estimate of drug-likeness (QED) is 0.769. The number of carbonyl (C=O) groups excluding carboxylic acids is 3. The second-order valence-electron chi connectivity index (χ2n) is 7.63. The minimum Gasteiger partial charge on any atom is -0.444 e. The number of amides is 2. The molecule has 0 saturated heterocycles. The van der Waals surface area contributed by atoms with E-state index in [-0.39, 0.29) is 11.5 Å². The van der Waals surface area contributed by atoms with Gasteiger partial charge in [-0.15, -0.1) is 0 Å². The van der Waals surface area contributed by atoms with E-state index in [0.717, 1.165) is 0 Å². The Morgan fingerprint density at radius 3 is 2.03 bits per heavy atom. The van der Waals surface area contributed by atoms with Gasteiger partial charge in [0.05, 0.1) is 5.56 Å². The first-order valence-corrected chi connectivity index (χ1v) is 9.14. The molecule has 2 aromatic carbocycles. The summed E-state index contributed by atoms with van der Waals surface area (Å²) in [4.78, 5) is 38.3. The number of benzene rings is 2. The molecule has 0 aliphatic rings. The minimum absolute atomic E-state index is 0.257. The van der Waals surface area contributed by atoms with Crippen molar-refractivity contribution in [1.82, 2.24) is 4.90 Å². The van der Waals surface area contributed by atoms with E-state index >= 15 is 0 Å². The first-order valence-electron chi connectivity index (χ1n) is 9.14. The van der Waals surface area contributed by atoms with Crippen LogP contribution in [0.4, 0.5) is 10.5 Å². The fourth-order valence-electron chi connectivity index (χ4n) is 2.41. The Hall–Kier alpha value is -3.35. The predicted molar refractivity (Wildman–Crippen MR) is 110 cm³/mol. The molecule has 0 unspecified atom stereocenters. The van der Waals surface area contributed by atoms with Gasteiger partial charge < -0.3 is 14.4 Å². The molecule has 0 fully saturated rings. The average Bonchev–Trinajstić information content (AvgIpc) is 2.65. The number of rotatable bonds is 5. The molecule has 2 amide bonds. The zero-order valence-corrected chi connectivity index (χ0v) is 17.3. The van der Waals surface area contributed by atoms with Gasteiger partial charge in [0.25, 0.3) is 5.91 Å². The van der Waals surface area contributed by atoms with Gasteiger partial charge in [0.2, 0.25) is 6.10 Å². The van der Waals surface area contributed by atoms with Crippen molar-refractivity contribution in [3.63, 3.8) is 0 Å². The summed E-state index contributed by atoms with van der Waals surface area (Å²) in [5.74, 6) is -0.981. The van der Waals surface area contributed by atoms with E-state index in [1.807, 2.05) is 6.07 Å². The lowest BCUT2D eigenvalue weighted by Gasteiger charge is -2.21. The van der Waals surface area contributed by atoms with E-state index in [0.29, 0.717) is 11.3 Å². The van der Waals surface area contributed by atoms with Crippen LogP contribution in [0.25, 0.3) is 0 Å². The lowest BCUT2D eigenvalue weighted by Crippen LogP contribution is -2.31. The maximum Gasteiger partial charge on any atom is 0.412 e. The highest BCUT2D eigenvalue weighted by Gasteiger charge is 2.27. The molecule has 29 heavy (non-hydrogen) atoms. The van der Waals surface area contributed by atoms with Crippen molar-refractivity contribution in [2.75, 3.05) is 19.4 Å². The van der Waals surface area contributed by atoms with Gasteiger partial charge in [-0.25, -0.2) is 9.59 Å². The normalized spacial score (nSPS) is 11.9. The van der Waals surface area contributed by atoms with Crippen LogP contribution in [0.2, 0.25) is 0 Å². The summed E-state index contributed by atoms with van der Waals surface area (Å²) in [6.07, 6.45) is -1.63. The molecule has 0 spiro atoms. The summed E-state index contributed by atoms with van der Waals surface area (Å²) in [5.41, 5.74) is 0.703. The highest BCUT2D eigenvalue weighted by Crippen LogP contribution is 2.22. The van der Waals surface area contributed by atoms with Gasteiger partial charge in [-0.3, -0.25) is 10.1 Å². The maximum atomic E-state index is 12.6. The standard InChI is InChI=1S/C22H26N2O5/c1-22(2,3)29-21(27)23-17-13-11-16(12-14-17)20(26)28-18(19(25)24(4)5)15-9-7-6-8-10-15/h6-14,18H,1-5H3,(H,23,27)/t18-/m0/s1. The summed E-state index contributed by atoms with van der Waals surface area (Å²) in [6, 6.07) is 15.0. The molecular formula is C22H26N2O5. The van der Waals surface area contributed by atoms with Crippen LogP contribution in [0.1, 0.15) is 42.8 Å². The van der Waals surface area contributed by atoms with Crippen LogP contribution in [0, 0.1) is 0 Å². The zero-order chi connectivity index (χ0) is 21.6. The van der Waals surface area contributed by atoms with Gasteiger partial charge >= 0.3 is 12.1 Å². The van der Waals surface area contributed by atoms with Crippen LogP contribution >= 0.6 is 0 Å². The second kappa shape index (κ2) is 9.23. The number of esters is 1. The van der Waals surface area contributed by atoms with E-state index in [1.54, 1.807) is 71.3 Å². The lowest BCUT2D eigenvalue weighted by atomic mass is 10.1. The topological polar surface area (TPSA) is 84.9 Å². The Kier molecular flexibility index (Phi) is 6.98. The number of carbonyl (C=O) groups is 3. The third-order valence-corrected chi connectivity index (χ3v) is 3.76. The molecule has 7 heteroatoms. The number of hydrogen-bond donors (Lipinski definition) is 1. The minimum atomic E-state index is -1.04. The molecule has 1 atom stereocenters. The number of likely N-dealkylation sites (N-methyl/N-ethyl adjacent to an activating group) is 1. The van der Waals surface area contributed by atoms with Gasteiger partial charge in [0.15, 0.2) is 0 Å². The van der Waals surface area contributed by atoms with Crippen LogP contribution < -0.4 is 5.32 Å². The third kappa shape index (κ3) is 6.64. The molecule has 0 bridgehead atoms. The van der Waals surface area contributed by atoms with E-state index < -0.39 is 23.8 Å². The smallest absolute Gasteiger partial charge is 0.412 e. The highest BCUT2D eigenvalue weighted by atomic mass is 16.6. The predicted octanol–water partition coefficient (Wildman–Crippen LogP) is 4.02. The Balaban J connectivity index is 2.10. The number of hydrogen-bond acceptors (Lipinski definition) is 5. The van der Waals surface area contributed by atoms with Gasteiger partial charge in [-0.05, 0) is 45.0 Å². The third-order valence-electron chi connectivity index (χ3n) is 3.76. The first-order chi connectivity index (χ1) is 13.6. The van der Waals surface area contributed by atoms with Crippen molar-refractivity contribution in [1.29, 1.82) is 0 Å². The van der Waals surface area contributed by atoms with Crippen molar-refractivity contribution >= 4 is 23.7 Å². The molecule has 7 nitrogen and oxygen atoms in total. The number of nitrogens with one attached hydrogen (secondary N) is 1. The van der Waals surface area contributed by atoms with Crippen LogP contribution in [-0.4, -0.2) is 42.6 Å². The Morgan fingerprint density at radius 2 is 1.52 bits per heavy atom. The molecule has 0 aliphatic heterocycles. The maximum absolute atomic E-state index is 12.6. The molecule has 1 N–H and O–H groups in total. The Labute approximate surface area is 170 Å². The Morgan fingerprint density at radius 1 is 0.931 bits per heavy atom. The SMILES string of the molecule is CN(C)C(=O)[C@@H](OC(=O)c1ccc(NC(=O)OC(C)(C)C)cc1)c1ccccc1. The summed E-state index contributed by atoms with van der Waals surface area (Å²) < 4.78 is 10.7. The highest BCUT2D eigenvalue weighted by molar-refractivity contribution is 5.93. The van der Waals surface area contributed by atoms with Gasteiger partial charge in [0, 0.05) is 25.3 Å². The number of anilines is 1. The van der Waals surface area contributed by atoms with E-state index in [2.05, 4.69) is 5.32 Å². The largest absolute Gasteiger partial charge is 0.444 e. The monoisotopic (exact) mass is 398 g/mol. The second-order valence-corrected chi connectivity index (χ2v) is 7.63. The van der Waals surface area contributed by atoms with Crippen molar-refractivity contribution < 1.29 is 23.9 Å². The zero-order valence-electron chi connectivity index (χ0n) is 17.3. The molecule has 154 valence electrons. The molecule has 2 aromatic rings.